The van der Waals surface area contributed by atoms with Crippen molar-refractivity contribution in [2.24, 2.45) is 0 Å². The minimum absolute atomic E-state index is 0.518. The summed E-state index contributed by atoms with van der Waals surface area (Å²) in [6.07, 6.45) is 0. The van der Waals surface area contributed by atoms with E-state index in [9.17, 15) is 5.26 Å². The molecule has 11 heteroatoms. The van der Waals surface area contributed by atoms with Gasteiger partial charge in [-0.3, -0.25) is 0 Å². The minimum atomic E-state index is 0.518. The standard InChI is InChI=1S/C51H32N4S.C46H27N5S/c1-3-14-33(15-4-1)35-18-11-19-37(30-35)50-52-49(34-16-5-2-6-17-34)53-51(54-50)38-20-12-21-39(31-38)55-45-26-9-7-22-41(45)44-32-36(28-29-46(44)55)40-24-13-25-43-42-23-8-10-27-47(42)56-48(40)43;47-28-29-11-8-14-32(25-29)45-48-44(30-12-2-1-3-13-30)49-46(50-45)33-15-9-16-34(26-33)51-40-21-6-4-17-36(40)39-27-31(23-24-41(39)51)35-19-10-20-38-37-18-5-7-22-42(37)52-43(35)38/h1-32H;1-27H. The van der Waals surface area contributed by atoms with Gasteiger partial charge in [-0.1, -0.05) is 267 Å². The van der Waals surface area contributed by atoms with Gasteiger partial charge in [-0.05, 0) is 124 Å². The number of fused-ring (bicyclic) bond motifs is 12. The van der Waals surface area contributed by atoms with Crippen molar-refractivity contribution in [2.75, 3.05) is 0 Å². The molecule has 0 atom stereocenters. The highest BCUT2D eigenvalue weighted by Gasteiger charge is 2.22. The average Bonchev–Trinajstić information content (AvgIpc) is 0.959. The third-order valence-electron chi connectivity index (χ3n) is 20.3. The SMILES string of the molecule is N#Cc1cccc(-c2nc(-c3ccccc3)nc(-c3cccc(-n4c5ccccc5c5cc(-c6cccc7c6sc6ccccc67)ccc54)c3)n2)c1.c1ccc(-c2cccc(-c3nc(-c4ccccc4)nc(-c4cccc(-n5c6ccccc6c6cc(-c7cccc8c7sc7ccccc78)ccc65)c4)n3)c2)cc1. The van der Waals surface area contributed by atoms with Crippen LogP contribution in [0.5, 0.6) is 0 Å². The summed E-state index contributed by atoms with van der Waals surface area (Å²) in [5, 5.41) is 19.6. The molecule has 0 aliphatic carbocycles. The first kappa shape index (κ1) is 63.5. The molecule has 0 aliphatic rings. The van der Waals surface area contributed by atoms with Gasteiger partial charge < -0.3 is 9.13 Å². The van der Waals surface area contributed by atoms with E-state index < -0.39 is 0 Å². The second kappa shape index (κ2) is 26.8. The van der Waals surface area contributed by atoms with Crippen LogP contribution in [-0.4, -0.2) is 39.0 Å². The Labute approximate surface area is 629 Å². The Morgan fingerprint density at radius 3 is 1.02 bits per heavy atom. The molecular formula is C97H59N9S2. The number of para-hydroxylation sites is 2. The maximum absolute atomic E-state index is 9.58. The van der Waals surface area contributed by atoms with E-state index in [4.69, 9.17) is 29.9 Å². The van der Waals surface area contributed by atoms with Crippen LogP contribution >= 0.6 is 22.7 Å². The predicted molar refractivity (Wildman–Crippen MR) is 448 cm³/mol. The van der Waals surface area contributed by atoms with Crippen molar-refractivity contribution in [1.82, 2.24) is 39.0 Å². The highest BCUT2D eigenvalue weighted by Crippen LogP contribution is 2.45. The molecule has 6 heterocycles. The van der Waals surface area contributed by atoms with Crippen molar-refractivity contribution in [3.63, 3.8) is 0 Å². The van der Waals surface area contributed by atoms with Crippen LogP contribution in [0.25, 0.3) is 197 Å². The number of thiophene rings is 2. The molecule has 504 valence electrons. The number of hydrogen-bond acceptors (Lipinski definition) is 9. The Kier molecular flexibility index (Phi) is 15.8. The molecule has 0 saturated heterocycles. The van der Waals surface area contributed by atoms with E-state index in [1.807, 2.05) is 114 Å². The summed E-state index contributed by atoms with van der Waals surface area (Å²) in [4.78, 5) is 30.0. The molecular weight excluding hydrogens is 1360 g/mol. The number of benzene rings is 15. The Morgan fingerprint density at radius 2 is 0.556 bits per heavy atom. The lowest BCUT2D eigenvalue weighted by Gasteiger charge is -2.12. The van der Waals surface area contributed by atoms with Crippen molar-refractivity contribution < 1.29 is 0 Å². The Balaban J connectivity index is 0.000000143. The van der Waals surface area contributed by atoms with Gasteiger partial charge in [0.25, 0.3) is 0 Å². The second-order valence-electron chi connectivity index (χ2n) is 26.8. The van der Waals surface area contributed by atoms with Gasteiger partial charge in [-0.15, -0.1) is 22.7 Å². The van der Waals surface area contributed by atoms with E-state index in [1.54, 1.807) is 6.07 Å². The summed E-state index contributed by atoms with van der Waals surface area (Å²) >= 11 is 3.73. The van der Waals surface area contributed by atoms with E-state index in [-0.39, 0.29) is 0 Å². The molecule has 0 saturated carbocycles. The fourth-order valence-corrected chi connectivity index (χ4v) is 17.7. The lowest BCUT2D eigenvalue weighted by atomic mass is 10.0. The molecule has 0 bridgehead atoms. The molecule has 0 spiro atoms. The average molecular weight is 1410 g/mol. The van der Waals surface area contributed by atoms with Crippen molar-refractivity contribution in [3.05, 3.63) is 363 Å². The van der Waals surface area contributed by atoms with Gasteiger partial charge in [0, 0.05) is 107 Å². The summed E-state index contributed by atoms with van der Waals surface area (Å²) in [5.41, 5.74) is 19.7. The molecule has 0 aliphatic heterocycles. The first-order chi connectivity index (χ1) is 53.5. The molecule has 0 radical (unpaired) electrons. The number of rotatable bonds is 11. The summed E-state index contributed by atoms with van der Waals surface area (Å²) < 4.78 is 9.94. The molecule has 21 aromatic rings. The lowest BCUT2D eigenvalue weighted by molar-refractivity contribution is 1.07. The van der Waals surface area contributed by atoms with Gasteiger partial charge >= 0.3 is 0 Å². The number of nitrogens with zero attached hydrogens (tertiary/aromatic N) is 9. The van der Waals surface area contributed by atoms with Gasteiger partial charge in [-0.25, -0.2) is 29.9 Å². The van der Waals surface area contributed by atoms with Crippen molar-refractivity contribution >= 4 is 107 Å². The van der Waals surface area contributed by atoms with Crippen molar-refractivity contribution in [3.8, 4) is 119 Å². The number of hydrogen-bond donors (Lipinski definition) is 0. The zero-order valence-corrected chi connectivity index (χ0v) is 59.5. The van der Waals surface area contributed by atoms with Gasteiger partial charge in [-0.2, -0.15) is 5.26 Å². The Morgan fingerprint density at radius 1 is 0.222 bits per heavy atom. The number of nitriles is 1. The van der Waals surface area contributed by atoms with E-state index in [0.717, 1.165) is 77.9 Å². The van der Waals surface area contributed by atoms with E-state index in [1.165, 1.54) is 84.1 Å². The third kappa shape index (κ3) is 11.4. The maximum Gasteiger partial charge on any atom is 0.164 e. The van der Waals surface area contributed by atoms with Gasteiger partial charge in [0.05, 0.1) is 33.7 Å². The van der Waals surface area contributed by atoms with E-state index >= 15 is 0 Å². The van der Waals surface area contributed by atoms with Crippen molar-refractivity contribution in [1.29, 1.82) is 5.26 Å². The smallest absolute Gasteiger partial charge is 0.164 e. The highest BCUT2D eigenvalue weighted by atomic mass is 32.1. The summed E-state index contributed by atoms with van der Waals surface area (Å²) in [6.45, 7) is 0. The molecule has 0 amide bonds. The Hall–Kier alpha value is -14.2. The van der Waals surface area contributed by atoms with E-state index in [0.29, 0.717) is 40.5 Å². The molecule has 6 aromatic heterocycles. The van der Waals surface area contributed by atoms with Crippen molar-refractivity contribution in [2.45, 2.75) is 0 Å². The predicted octanol–water partition coefficient (Wildman–Crippen LogP) is 25.5. The maximum atomic E-state index is 9.58. The quantitative estimate of drug-likeness (QED) is 0.127. The molecule has 108 heavy (non-hydrogen) atoms. The highest BCUT2D eigenvalue weighted by molar-refractivity contribution is 7.26. The molecule has 21 rings (SSSR count). The largest absolute Gasteiger partial charge is 0.309 e. The summed E-state index contributed by atoms with van der Waals surface area (Å²) in [7, 11) is 0. The molecule has 9 nitrogen and oxygen atoms in total. The minimum Gasteiger partial charge on any atom is -0.309 e. The van der Waals surface area contributed by atoms with Crippen LogP contribution in [0.1, 0.15) is 5.56 Å². The molecule has 15 aromatic carbocycles. The van der Waals surface area contributed by atoms with Crippen LogP contribution in [0, 0.1) is 11.3 Å². The molecule has 0 N–H and O–H groups in total. The fraction of sp³-hybridized carbons (Fsp3) is 0. The normalized spacial score (nSPS) is 11.5. The topological polar surface area (TPSA) is 111 Å². The van der Waals surface area contributed by atoms with Gasteiger partial charge in [0.2, 0.25) is 0 Å². The van der Waals surface area contributed by atoms with Gasteiger partial charge in [0.1, 0.15) is 0 Å². The van der Waals surface area contributed by atoms with Crippen LogP contribution in [0.2, 0.25) is 0 Å². The monoisotopic (exact) mass is 1410 g/mol. The van der Waals surface area contributed by atoms with Gasteiger partial charge in [0.15, 0.2) is 34.9 Å². The fourth-order valence-electron chi connectivity index (χ4n) is 15.3. The molecule has 0 unspecified atom stereocenters. The van der Waals surface area contributed by atoms with Crippen LogP contribution < -0.4 is 0 Å². The summed E-state index contributed by atoms with van der Waals surface area (Å²) in [6, 6.07) is 127. The Bertz CT molecular complexity index is 7150. The third-order valence-corrected chi connectivity index (χ3v) is 22.8. The first-order valence-electron chi connectivity index (χ1n) is 35.9. The summed E-state index contributed by atoms with van der Waals surface area (Å²) in [5.74, 6) is 3.55. The second-order valence-corrected chi connectivity index (χ2v) is 28.9. The van der Waals surface area contributed by atoms with Crippen LogP contribution in [-0.2, 0) is 0 Å². The van der Waals surface area contributed by atoms with Crippen LogP contribution in [0.15, 0.2) is 358 Å². The lowest BCUT2D eigenvalue weighted by Crippen LogP contribution is -2.01. The number of aromatic nitrogens is 8. The zero-order chi connectivity index (χ0) is 71.6. The zero-order valence-electron chi connectivity index (χ0n) is 57.9. The van der Waals surface area contributed by atoms with E-state index in [2.05, 4.69) is 276 Å². The van der Waals surface area contributed by atoms with Crippen LogP contribution in [0.3, 0.4) is 0 Å². The molecule has 0 fully saturated rings. The first-order valence-corrected chi connectivity index (χ1v) is 37.5. The van der Waals surface area contributed by atoms with Crippen LogP contribution in [0.4, 0.5) is 0 Å².